The van der Waals surface area contributed by atoms with Crippen LogP contribution in [0.1, 0.15) is 54.0 Å². The average molecular weight is 337 g/mol. The van der Waals surface area contributed by atoms with Gasteiger partial charge >= 0.3 is 0 Å². The van der Waals surface area contributed by atoms with E-state index in [0.29, 0.717) is 12.2 Å². The molecule has 1 aliphatic carbocycles. The second-order valence-corrected chi connectivity index (χ2v) is 7.72. The zero-order valence-corrected chi connectivity index (χ0v) is 14.7. The van der Waals surface area contributed by atoms with Crippen LogP contribution in [0.25, 0.3) is 0 Å². The second kappa shape index (κ2) is 8.22. The quantitative estimate of drug-likeness (QED) is 0.917. The van der Waals surface area contributed by atoms with Crippen LogP contribution in [0.4, 0.5) is 0 Å². The largest absolute Gasteiger partial charge is 0.336 e. The lowest BCUT2D eigenvalue weighted by Crippen LogP contribution is -2.37. The van der Waals surface area contributed by atoms with Gasteiger partial charge < -0.3 is 15.5 Å². The molecule has 1 aliphatic heterocycles. The van der Waals surface area contributed by atoms with E-state index in [1.807, 2.05) is 10.3 Å². The first kappa shape index (κ1) is 16.9. The lowest BCUT2D eigenvalue weighted by molar-refractivity contribution is 0.0754. The fraction of sp³-hybridized carbons (Fsp3) is 0.765. The number of carbonyl (C=O) groups excluding carboxylic acids is 1. The van der Waals surface area contributed by atoms with Crippen molar-refractivity contribution in [3.8, 4) is 0 Å². The molecular formula is C17H28N4OS. The Morgan fingerprint density at radius 1 is 1.17 bits per heavy atom. The van der Waals surface area contributed by atoms with Crippen molar-refractivity contribution in [3.05, 3.63) is 16.1 Å². The molecule has 6 heteroatoms. The topological polar surface area (TPSA) is 62.5 Å². The zero-order valence-electron chi connectivity index (χ0n) is 13.9. The lowest BCUT2D eigenvalue weighted by atomic mass is 9.89. The number of hydrogen-bond donors (Lipinski definition) is 1. The molecule has 0 unspecified atom stereocenters. The Balaban J connectivity index is 1.52. The lowest BCUT2D eigenvalue weighted by Gasteiger charge is -2.28. The number of thiazole rings is 1. The number of nitrogens with two attached hydrogens (primary N) is 1. The summed E-state index contributed by atoms with van der Waals surface area (Å²) >= 11 is 1.48. The van der Waals surface area contributed by atoms with Crippen LogP contribution in [0, 0.1) is 5.92 Å². The molecule has 0 spiro atoms. The van der Waals surface area contributed by atoms with Crippen LogP contribution in [0.3, 0.4) is 0 Å². The fourth-order valence-corrected chi connectivity index (χ4v) is 4.40. The maximum atomic E-state index is 12.6. The summed E-state index contributed by atoms with van der Waals surface area (Å²) < 4.78 is 0. The molecule has 0 atom stereocenters. The predicted molar refractivity (Wildman–Crippen MR) is 93.5 cm³/mol. The highest BCUT2D eigenvalue weighted by atomic mass is 32.1. The van der Waals surface area contributed by atoms with E-state index in [1.54, 1.807) is 0 Å². The van der Waals surface area contributed by atoms with Crippen molar-refractivity contribution in [2.75, 3.05) is 32.7 Å². The molecular weight excluding hydrogens is 308 g/mol. The molecule has 0 radical (unpaired) electrons. The van der Waals surface area contributed by atoms with Crippen LogP contribution in [0.15, 0.2) is 5.38 Å². The van der Waals surface area contributed by atoms with Crippen molar-refractivity contribution in [2.45, 2.75) is 45.1 Å². The molecule has 1 aromatic heterocycles. The third-order valence-electron chi connectivity index (χ3n) is 5.06. The Morgan fingerprint density at radius 2 is 2.00 bits per heavy atom. The SMILES string of the molecule is NCc1nc(C(=O)N2CCCN(CC3CCCCC3)CC2)cs1. The molecule has 0 bridgehead atoms. The van der Waals surface area contributed by atoms with Crippen molar-refractivity contribution in [3.63, 3.8) is 0 Å². The van der Waals surface area contributed by atoms with Crippen LogP contribution >= 0.6 is 11.3 Å². The zero-order chi connectivity index (χ0) is 16.1. The van der Waals surface area contributed by atoms with Crippen molar-refractivity contribution >= 4 is 17.2 Å². The molecule has 2 heterocycles. The summed E-state index contributed by atoms with van der Waals surface area (Å²) in [6.07, 6.45) is 8.05. The van der Waals surface area contributed by atoms with Crippen LogP contribution in [-0.4, -0.2) is 53.4 Å². The van der Waals surface area contributed by atoms with Gasteiger partial charge in [0.2, 0.25) is 0 Å². The van der Waals surface area contributed by atoms with E-state index in [1.165, 1.54) is 50.0 Å². The first-order valence-electron chi connectivity index (χ1n) is 8.92. The van der Waals surface area contributed by atoms with Gasteiger partial charge in [-0.2, -0.15) is 0 Å². The fourth-order valence-electron chi connectivity index (χ4n) is 3.76. The van der Waals surface area contributed by atoms with Gasteiger partial charge in [-0.1, -0.05) is 19.3 Å². The van der Waals surface area contributed by atoms with Gasteiger partial charge in [0.15, 0.2) is 0 Å². The van der Waals surface area contributed by atoms with Crippen LogP contribution in [0.5, 0.6) is 0 Å². The maximum absolute atomic E-state index is 12.6. The van der Waals surface area contributed by atoms with Crippen LogP contribution in [-0.2, 0) is 6.54 Å². The van der Waals surface area contributed by atoms with Gasteiger partial charge in [0.05, 0.1) is 0 Å². The van der Waals surface area contributed by atoms with Crippen molar-refractivity contribution in [1.29, 1.82) is 0 Å². The third kappa shape index (κ3) is 4.52. The molecule has 1 saturated heterocycles. The normalized spacial score (nSPS) is 21.3. The first-order chi connectivity index (χ1) is 11.3. The molecule has 1 saturated carbocycles. The van der Waals surface area contributed by atoms with E-state index in [-0.39, 0.29) is 5.91 Å². The second-order valence-electron chi connectivity index (χ2n) is 6.78. The molecule has 2 aliphatic rings. The molecule has 0 aromatic carbocycles. The Kier molecular flexibility index (Phi) is 6.02. The highest BCUT2D eigenvalue weighted by Crippen LogP contribution is 2.25. The van der Waals surface area contributed by atoms with Crippen molar-refractivity contribution < 1.29 is 4.79 Å². The van der Waals surface area contributed by atoms with E-state index in [2.05, 4.69) is 9.88 Å². The minimum atomic E-state index is 0.0699. The van der Waals surface area contributed by atoms with E-state index in [4.69, 9.17) is 5.73 Å². The Hall–Kier alpha value is -0.980. The highest BCUT2D eigenvalue weighted by Gasteiger charge is 2.24. The summed E-state index contributed by atoms with van der Waals surface area (Å²) in [5, 5.41) is 2.68. The predicted octanol–water partition coefficient (Wildman–Crippen LogP) is 2.33. The summed E-state index contributed by atoms with van der Waals surface area (Å²) in [5.41, 5.74) is 6.16. The van der Waals surface area contributed by atoms with E-state index in [0.717, 1.165) is 43.5 Å². The van der Waals surface area contributed by atoms with Crippen LogP contribution in [0.2, 0.25) is 0 Å². The highest BCUT2D eigenvalue weighted by molar-refractivity contribution is 7.09. The molecule has 5 nitrogen and oxygen atoms in total. The smallest absolute Gasteiger partial charge is 0.273 e. The minimum absolute atomic E-state index is 0.0699. The number of aromatic nitrogens is 1. The summed E-state index contributed by atoms with van der Waals surface area (Å²) in [4.78, 5) is 21.5. The van der Waals surface area contributed by atoms with Crippen molar-refractivity contribution in [1.82, 2.24) is 14.8 Å². The molecule has 1 aromatic rings. The van der Waals surface area contributed by atoms with Crippen molar-refractivity contribution in [2.24, 2.45) is 11.7 Å². The molecule has 2 N–H and O–H groups in total. The maximum Gasteiger partial charge on any atom is 0.273 e. The standard InChI is InChI=1S/C17H28N4OS/c18-11-16-19-15(13-23-16)17(22)21-8-4-7-20(9-10-21)12-14-5-2-1-3-6-14/h13-14H,1-12,18H2. The van der Waals surface area contributed by atoms with E-state index < -0.39 is 0 Å². The number of hydrogen-bond acceptors (Lipinski definition) is 5. The van der Waals surface area contributed by atoms with Gasteiger partial charge in [-0.3, -0.25) is 4.79 Å². The molecule has 128 valence electrons. The monoisotopic (exact) mass is 336 g/mol. The van der Waals surface area contributed by atoms with Gasteiger partial charge in [0.25, 0.3) is 5.91 Å². The van der Waals surface area contributed by atoms with Gasteiger partial charge in [0, 0.05) is 38.1 Å². The number of nitrogens with zero attached hydrogens (tertiary/aromatic N) is 3. The first-order valence-corrected chi connectivity index (χ1v) is 9.80. The minimum Gasteiger partial charge on any atom is -0.336 e. The van der Waals surface area contributed by atoms with E-state index >= 15 is 0 Å². The van der Waals surface area contributed by atoms with Gasteiger partial charge in [-0.05, 0) is 31.7 Å². The summed E-state index contributed by atoms with van der Waals surface area (Å²) in [6, 6.07) is 0. The average Bonchev–Trinajstić information content (AvgIpc) is 2.95. The number of rotatable bonds is 4. The molecule has 23 heavy (non-hydrogen) atoms. The number of carbonyl (C=O) groups is 1. The Morgan fingerprint density at radius 3 is 2.74 bits per heavy atom. The van der Waals surface area contributed by atoms with E-state index in [9.17, 15) is 4.79 Å². The van der Waals surface area contributed by atoms with Crippen LogP contribution < -0.4 is 5.73 Å². The number of amides is 1. The van der Waals surface area contributed by atoms with Gasteiger partial charge in [-0.15, -0.1) is 11.3 Å². The van der Waals surface area contributed by atoms with Gasteiger partial charge in [-0.25, -0.2) is 4.98 Å². The third-order valence-corrected chi connectivity index (χ3v) is 5.93. The summed E-state index contributed by atoms with van der Waals surface area (Å²) in [6.45, 7) is 5.40. The molecule has 1 amide bonds. The summed E-state index contributed by atoms with van der Waals surface area (Å²) in [5.74, 6) is 0.942. The molecule has 2 fully saturated rings. The Bertz CT molecular complexity index is 512. The van der Waals surface area contributed by atoms with Gasteiger partial charge in [0.1, 0.15) is 10.7 Å². The molecule has 3 rings (SSSR count). The summed E-state index contributed by atoms with van der Waals surface area (Å²) in [7, 11) is 0. The Labute approximate surface area is 142 Å².